The molecule has 0 spiro atoms. The number of para-hydroxylation sites is 1. The second-order valence-electron chi connectivity index (χ2n) is 4.82. The molecule has 5 nitrogen and oxygen atoms in total. The molecule has 3 rings (SSSR count). The minimum atomic E-state index is -0.0582. The van der Waals surface area contributed by atoms with Crippen molar-refractivity contribution < 1.29 is 14.3 Å². The van der Waals surface area contributed by atoms with Crippen molar-refractivity contribution in [1.29, 1.82) is 0 Å². The largest absolute Gasteiger partial charge is 0.454 e. The average Bonchev–Trinajstić information content (AvgIpc) is 2.94. The number of hydrogen-bond donors (Lipinski definition) is 2. The number of nitrogens with two attached hydrogens (primary N) is 1. The third-order valence-electron chi connectivity index (χ3n) is 3.33. The lowest BCUT2D eigenvalue weighted by atomic mass is 10.1. The summed E-state index contributed by atoms with van der Waals surface area (Å²) in [6, 6.07) is 12.9. The maximum Gasteiger partial charge on any atom is 0.231 e. The number of aryl methyl sites for hydroxylation is 1. The molecule has 0 aromatic heterocycles. The van der Waals surface area contributed by atoms with E-state index in [1.54, 1.807) is 18.2 Å². The predicted octanol–water partition coefficient (Wildman–Crippen LogP) is 2.57. The molecule has 2 aromatic carbocycles. The minimum Gasteiger partial charge on any atom is -0.454 e. The van der Waals surface area contributed by atoms with E-state index in [0.717, 1.165) is 5.56 Å². The van der Waals surface area contributed by atoms with Crippen molar-refractivity contribution >= 4 is 17.3 Å². The molecule has 0 fully saturated rings. The van der Waals surface area contributed by atoms with Crippen LogP contribution in [0, 0.1) is 0 Å². The van der Waals surface area contributed by atoms with Crippen molar-refractivity contribution in [1.82, 2.24) is 0 Å². The van der Waals surface area contributed by atoms with Crippen LogP contribution in [0.2, 0.25) is 0 Å². The molecular formula is C16H16N2O3. The number of nitrogen functional groups attached to an aromatic ring is 1. The number of anilines is 2. The van der Waals surface area contributed by atoms with Gasteiger partial charge >= 0.3 is 0 Å². The molecule has 21 heavy (non-hydrogen) atoms. The van der Waals surface area contributed by atoms with E-state index in [4.69, 9.17) is 15.2 Å². The average molecular weight is 284 g/mol. The first kappa shape index (κ1) is 13.3. The van der Waals surface area contributed by atoms with Gasteiger partial charge in [0.1, 0.15) is 0 Å². The summed E-state index contributed by atoms with van der Waals surface area (Å²) in [6.45, 7) is 0.222. The number of ether oxygens (including phenoxy) is 2. The zero-order chi connectivity index (χ0) is 14.7. The molecule has 0 aliphatic carbocycles. The second-order valence-corrected chi connectivity index (χ2v) is 4.82. The van der Waals surface area contributed by atoms with Gasteiger partial charge in [0.25, 0.3) is 0 Å². The van der Waals surface area contributed by atoms with Gasteiger partial charge in [0.15, 0.2) is 11.5 Å². The minimum absolute atomic E-state index is 0.0582. The molecule has 2 aromatic rings. The van der Waals surface area contributed by atoms with Crippen LogP contribution in [0.5, 0.6) is 11.5 Å². The van der Waals surface area contributed by atoms with Gasteiger partial charge in [0, 0.05) is 23.9 Å². The van der Waals surface area contributed by atoms with Crippen LogP contribution in [-0.4, -0.2) is 12.7 Å². The fourth-order valence-electron chi connectivity index (χ4n) is 2.21. The van der Waals surface area contributed by atoms with Crippen LogP contribution in [0.15, 0.2) is 42.5 Å². The van der Waals surface area contributed by atoms with Crippen molar-refractivity contribution in [3.63, 3.8) is 0 Å². The monoisotopic (exact) mass is 284 g/mol. The fourth-order valence-corrected chi connectivity index (χ4v) is 2.21. The molecule has 0 bridgehead atoms. The molecular weight excluding hydrogens is 268 g/mol. The van der Waals surface area contributed by atoms with Gasteiger partial charge in [-0.2, -0.15) is 0 Å². The Morgan fingerprint density at radius 3 is 2.81 bits per heavy atom. The number of carbonyl (C=O) groups is 1. The van der Waals surface area contributed by atoms with Crippen molar-refractivity contribution in [2.24, 2.45) is 0 Å². The van der Waals surface area contributed by atoms with Crippen LogP contribution < -0.4 is 20.5 Å². The van der Waals surface area contributed by atoms with Crippen LogP contribution >= 0.6 is 0 Å². The van der Waals surface area contributed by atoms with Crippen LogP contribution in [0.4, 0.5) is 11.4 Å². The van der Waals surface area contributed by atoms with E-state index >= 15 is 0 Å². The highest BCUT2D eigenvalue weighted by atomic mass is 16.7. The van der Waals surface area contributed by atoms with E-state index < -0.39 is 0 Å². The van der Waals surface area contributed by atoms with Gasteiger partial charge < -0.3 is 20.5 Å². The summed E-state index contributed by atoms with van der Waals surface area (Å²) in [7, 11) is 0. The van der Waals surface area contributed by atoms with Gasteiger partial charge in [0.2, 0.25) is 12.7 Å². The van der Waals surface area contributed by atoms with E-state index in [1.165, 1.54) is 0 Å². The highest BCUT2D eigenvalue weighted by molar-refractivity contribution is 5.91. The molecule has 1 aliphatic rings. The Morgan fingerprint density at radius 1 is 1.14 bits per heavy atom. The summed E-state index contributed by atoms with van der Waals surface area (Å²) in [6.07, 6.45) is 0.992. The lowest BCUT2D eigenvalue weighted by molar-refractivity contribution is -0.116. The first-order valence-corrected chi connectivity index (χ1v) is 6.75. The Morgan fingerprint density at radius 2 is 1.95 bits per heavy atom. The molecule has 5 heteroatoms. The second kappa shape index (κ2) is 5.75. The standard InChI is InChI=1S/C16H16N2O3/c17-13-4-2-1-3-11(13)5-8-16(19)18-12-6-7-14-15(9-12)21-10-20-14/h1-4,6-7,9H,5,8,10,17H2,(H,18,19). The van der Waals surface area contributed by atoms with Crippen molar-refractivity contribution in [2.75, 3.05) is 17.8 Å². The van der Waals surface area contributed by atoms with Gasteiger partial charge in [-0.05, 0) is 30.2 Å². The van der Waals surface area contributed by atoms with Gasteiger partial charge in [-0.1, -0.05) is 18.2 Å². The molecule has 1 amide bonds. The first-order valence-electron chi connectivity index (χ1n) is 6.75. The normalized spacial score (nSPS) is 12.2. The Bertz CT molecular complexity index is 670. The van der Waals surface area contributed by atoms with Crippen LogP contribution in [-0.2, 0) is 11.2 Å². The number of hydrogen-bond acceptors (Lipinski definition) is 4. The molecule has 0 saturated heterocycles. The lowest BCUT2D eigenvalue weighted by Gasteiger charge is -2.07. The van der Waals surface area contributed by atoms with Crippen molar-refractivity contribution in [2.45, 2.75) is 12.8 Å². The molecule has 0 radical (unpaired) electrons. The van der Waals surface area contributed by atoms with E-state index in [1.807, 2.05) is 24.3 Å². The predicted molar refractivity (Wildman–Crippen MR) is 80.4 cm³/mol. The Hall–Kier alpha value is -2.69. The van der Waals surface area contributed by atoms with Gasteiger partial charge in [-0.15, -0.1) is 0 Å². The fraction of sp³-hybridized carbons (Fsp3) is 0.188. The van der Waals surface area contributed by atoms with Crippen LogP contribution in [0.25, 0.3) is 0 Å². The highest BCUT2D eigenvalue weighted by Gasteiger charge is 2.14. The molecule has 1 heterocycles. The van der Waals surface area contributed by atoms with Crippen molar-refractivity contribution in [3.8, 4) is 11.5 Å². The smallest absolute Gasteiger partial charge is 0.231 e. The maximum absolute atomic E-state index is 12.0. The summed E-state index contributed by atoms with van der Waals surface area (Å²) in [4.78, 5) is 12.0. The summed E-state index contributed by atoms with van der Waals surface area (Å²) < 4.78 is 10.5. The molecule has 3 N–H and O–H groups in total. The summed E-state index contributed by atoms with van der Waals surface area (Å²) in [5, 5.41) is 2.85. The maximum atomic E-state index is 12.0. The van der Waals surface area contributed by atoms with Crippen LogP contribution in [0.3, 0.4) is 0 Å². The van der Waals surface area contributed by atoms with Gasteiger partial charge in [0.05, 0.1) is 0 Å². The van der Waals surface area contributed by atoms with Crippen molar-refractivity contribution in [3.05, 3.63) is 48.0 Å². The number of amides is 1. The van der Waals surface area contributed by atoms with E-state index in [9.17, 15) is 4.79 Å². The molecule has 108 valence electrons. The number of rotatable bonds is 4. The highest BCUT2D eigenvalue weighted by Crippen LogP contribution is 2.34. The Labute approximate surface area is 122 Å². The number of benzene rings is 2. The topological polar surface area (TPSA) is 73.6 Å². The molecule has 1 aliphatic heterocycles. The SMILES string of the molecule is Nc1ccccc1CCC(=O)Nc1ccc2c(c1)OCO2. The number of fused-ring (bicyclic) bond motifs is 1. The van der Waals surface area contributed by atoms with E-state index in [0.29, 0.717) is 35.7 Å². The van der Waals surface area contributed by atoms with Crippen LogP contribution in [0.1, 0.15) is 12.0 Å². The summed E-state index contributed by atoms with van der Waals surface area (Å²) >= 11 is 0. The van der Waals surface area contributed by atoms with E-state index in [2.05, 4.69) is 5.32 Å². The molecule has 0 saturated carbocycles. The van der Waals surface area contributed by atoms with Gasteiger partial charge in [-0.3, -0.25) is 4.79 Å². The third kappa shape index (κ3) is 3.08. The Balaban J connectivity index is 1.58. The first-order chi connectivity index (χ1) is 10.2. The zero-order valence-corrected chi connectivity index (χ0v) is 11.5. The summed E-state index contributed by atoms with van der Waals surface area (Å²) in [5.41, 5.74) is 8.26. The van der Waals surface area contributed by atoms with Gasteiger partial charge in [-0.25, -0.2) is 0 Å². The number of nitrogens with one attached hydrogen (secondary N) is 1. The summed E-state index contributed by atoms with van der Waals surface area (Å²) in [5.74, 6) is 1.29. The molecule has 0 unspecified atom stereocenters. The quantitative estimate of drug-likeness (QED) is 0.846. The zero-order valence-electron chi connectivity index (χ0n) is 11.5. The lowest BCUT2D eigenvalue weighted by Crippen LogP contribution is -2.12. The number of carbonyl (C=O) groups excluding carboxylic acids is 1. The third-order valence-corrected chi connectivity index (χ3v) is 3.33. The molecule has 0 atom stereocenters. The van der Waals surface area contributed by atoms with E-state index in [-0.39, 0.29) is 12.7 Å². The Kier molecular flexibility index (Phi) is 3.64.